The van der Waals surface area contributed by atoms with E-state index in [1.54, 1.807) is 54.5 Å². The molecule has 0 spiro atoms. The minimum absolute atomic E-state index is 0.0725. The topological polar surface area (TPSA) is 104 Å². The molecule has 3 heterocycles. The standard InChI is InChI=1S/C35H37FN4O4/c1-23-17-24(19-37)3-4-29(23)21-39-14-11-27(31(36)22-39)18-33(41)28-7-10-32(38-20-28)35(43)40-15-12-26(13-16-40)34(42)25-5-8-30(44-2)9-6-25/h3-10,17,20,26-27,31H,11-16,18,21-22H2,1-2H3/t27?,31-/m1/s1. The van der Waals surface area contributed by atoms with Gasteiger partial charge in [0.2, 0.25) is 0 Å². The molecule has 2 aliphatic rings. The van der Waals surface area contributed by atoms with Gasteiger partial charge in [-0.05, 0) is 98.3 Å². The Morgan fingerprint density at radius 2 is 1.73 bits per heavy atom. The maximum absolute atomic E-state index is 15.1. The van der Waals surface area contributed by atoms with Crippen LogP contribution in [0, 0.1) is 30.1 Å². The number of ketones is 2. The van der Waals surface area contributed by atoms with Crippen molar-refractivity contribution in [2.45, 2.75) is 45.3 Å². The van der Waals surface area contributed by atoms with Gasteiger partial charge in [-0.3, -0.25) is 24.3 Å². The average Bonchev–Trinajstić information content (AvgIpc) is 3.06. The van der Waals surface area contributed by atoms with Crippen molar-refractivity contribution >= 4 is 17.5 Å². The molecule has 0 N–H and O–H groups in total. The van der Waals surface area contributed by atoms with E-state index in [2.05, 4.69) is 16.0 Å². The first kappa shape index (κ1) is 31.0. The van der Waals surface area contributed by atoms with Crippen LogP contribution < -0.4 is 4.74 Å². The summed E-state index contributed by atoms with van der Waals surface area (Å²) in [4.78, 5) is 47.0. The molecule has 2 saturated heterocycles. The molecule has 1 amide bonds. The number of carbonyl (C=O) groups is 3. The number of piperidine rings is 2. The summed E-state index contributed by atoms with van der Waals surface area (Å²) >= 11 is 0. The highest BCUT2D eigenvalue weighted by molar-refractivity contribution is 5.99. The Balaban J connectivity index is 1.09. The van der Waals surface area contributed by atoms with Crippen LogP contribution >= 0.6 is 0 Å². The highest BCUT2D eigenvalue weighted by Gasteiger charge is 2.32. The Morgan fingerprint density at radius 3 is 2.34 bits per heavy atom. The highest BCUT2D eigenvalue weighted by atomic mass is 19.1. The van der Waals surface area contributed by atoms with Crippen molar-refractivity contribution in [2.24, 2.45) is 11.8 Å². The van der Waals surface area contributed by atoms with E-state index >= 15 is 4.39 Å². The Labute approximate surface area is 257 Å². The molecule has 3 aromatic rings. The molecule has 9 heteroatoms. The van der Waals surface area contributed by atoms with Gasteiger partial charge in [0.1, 0.15) is 17.6 Å². The number of aryl methyl sites for hydroxylation is 1. The number of hydrogen-bond acceptors (Lipinski definition) is 7. The van der Waals surface area contributed by atoms with Gasteiger partial charge in [-0.2, -0.15) is 5.26 Å². The molecule has 2 aliphatic heterocycles. The van der Waals surface area contributed by atoms with Crippen molar-refractivity contribution in [1.82, 2.24) is 14.8 Å². The van der Waals surface area contributed by atoms with Crippen molar-refractivity contribution in [1.29, 1.82) is 5.26 Å². The molecule has 0 bridgehead atoms. The zero-order valence-corrected chi connectivity index (χ0v) is 25.2. The smallest absolute Gasteiger partial charge is 0.272 e. The second kappa shape index (κ2) is 13.9. The monoisotopic (exact) mass is 596 g/mol. The number of methoxy groups -OCH3 is 1. The molecule has 2 aromatic carbocycles. The van der Waals surface area contributed by atoms with Crippen molar-refractivity contribution in [3.63, 3.8) is 0 Å². The van der Waals surface area contributed by atoms with Gasteiger partial charge in [0.25, 0.3) is 5.91 Å². The number of amides is 1. The van der Waals surface area contributed by atoms with Crippen LogP contribution in [0.1, 0.15) is 73.6 Å². The molecule has 44 heavy (non-hydrogen) atoms. The number of nitriles is 1. The van der Waals surface area contributed by atoms with E-state index in [1.165, 1.54) is 6.20 Å². The van der Waals surface area contributed by atoms with E-state index in [-0.39, 0.29) is 48.0 Å². The van der Waals surface area contributed by atoms with Crippen molar-refractivity contribution < 1.29 is 23.5 Å². The number of alkyl halides is 1. The summed E-state index contributed by atoms with van der Waals surface area (Å²) in [6.07, 6.45) is 2.09. The lowest BCUT2D eigenvalue weighted by molar-refractivity contribution is 0.0644. The normalized spacial score (nSPS) is 19.3. The first-order valence-corrected chi connectivity index (χ1v) is 15.1. The van der Waals surface area contributed by atoms with Crippen LogP contribution in [0.25, 0.3) is 0 Å². The van der Waals surface area contributed by atoms with E-state index in [0.29, 0.717) is 67.9 Å². The Hall–Kier alpha value is -4.42. The molecular weight excluding hydrogens is 559 g/mol. The van der Waals surface area contributed by atoms with Gasteiger partial charge in [0.15, 0.2) is 11.6 Å². The van der Waals surface area contributed by atoms with E-state index in [9.17, 15) is 14.4 Å². The molecular formula is C35H37FN4O4. The van der Waals surface area contributed by atoms with Gasteiger partial charge in [-0.1, -0.05) is 6.07 Å². The van der Waals surface area contributed by atoms with Gasteiger partial charge in [0.05, 0.1) is 18.7 Å². The summed E-state index contributed by atoms with van der Waals surface area (Å²) in [5.74, 6) is -0.160. The predicted octanol–water partition coefficient (Wildman–Crippen LogP) is 5.44. The number of rotatable bonds is 9. The van der Waals surface area contributed by atoms with Crippen molar-refractivity contribution in [3.8, 4) is 11.8 Å². The SMILES string of the molecule is COc1ccc(C(=O)C2CCN(C(=O)c3ccc(C(=O)CC4CCN(Cc5ccc(C#N)cc5C)C[C@H]4F)cn3)CC2)cc1. The second-order valence-corrected chi connectivity index (χ2v) is 11.8. The lowest BCUT2D eigenvalue weighted by atomic mass is 9.88. The fourth-order valence-corrected chi connectivity index (χ4v) is 6.11. The molecule has 0 radical (unpaired) electrons. The van der Waals surface area contributed by atoms with Crippen LogP contribution in [0.2, 0.25) is 0 Å². The second-order valence-electron chi connectivity index (χ2n) is 11.8. The fraction of sp³-hybridized carbons (Fsp3) is 0.400. The molecule has 228 valence electrons. The third-order valence-corrected chi connectivity index (χ3v) is 8.91. The number of hydrogen-bond donors (Lipinski definition) is 0. The van der Waals surface area contributed by atoms with E-state index in [1.807, 2.05) is 19.1 Å². The summed E-state index contributed by atoms with van der Waals surface area (Å²) in [5, 5.41) is 9.08. The lowest BCUT2D eigenvalue weighted by Crippen LogP contribution is -2.42. The molecule has 2 fully saturated rings. The predicted molar refractivity (Wildman–Crippen MR) is 163 cm³/mol. The summed E-state index contributed by atoms with van der Waals surface area (Å²) in [5.41, 5.74) is 3.94. The van der Waals surface area contributed by atoms with Crippen LogP contribution in [0.3, 0.4) is 0 Å². The molecule has 0 saturated carbocycles. The van der Waals surface area contributed by atoms with Crippen LogP contribution in [0.15, 0.2) is 60.8 Å². The van der Waals surface area contributed by atoms with Gasteiger partial charge in [-0.25, -0.2) is 4.39 Å². The number of Topliss-reactive ketones (excluding diaryl/α,β-unsaturated/α-hetero) is 2. The number of nitrogens with zero attached hydrogens (tertiary/aromatic N) is 4. The van der Waals surface area contributed by atoms with Crippen molar-refractivity contribution in [2.75, 3.05) is 33.3 Å². The fourth-order valence-electron chi connectivity index (χ4n) is 6.11. The van der Waals surface area contributed by atoms with Crippen LogP contribution in [0.5, 0.6) is 5.75 Å². The third-order valence-electron chi connectivity index (χ3n) is 8.91. The number of halogens is 1. The Bertz CT molecular complexity index is 1540. The highest BCUT2D eigenvalue weighted by Crippen LogP contribution is 2.28. The largest absolute Gasteiger partial charge is 0.497 e. The third kappa shape index (κ3) is 7.20. The van der Waals surface area contributed by atoms with Gasteiger partial charge in [-0.15, -0.1) is 0 Å². The maximum Gasteiger partial charge on any atom is 0.272 e. The molecule has 1 aromatic heterocycles. The molecule has 0 aliphatic carbocycles. The number of benzene rings is 2. The van der Waals surface area contributed by atoms with E-state index in [0.717, 1.165) is 11.1 Å². The van der Waals surface area contributed by atoms with Crippen LogP contribution in [-0.2, 0) is 6.54 Å². The van der Waals surface area contributed by atoms with Gasteiger partial charge in [0, 0.05) is 55.8 Å². The molecule has 2 atom stereocenters. The van der Waals surface area contributed by atoms with Crippen LogP contribution in [-0.4, -0.2) is 71.7 Å². The summed E-state index contributed by atoms with van der Waals surface area (Å²) < 4.78 is 20.3. The van der Waals surface area contributed by atoms with Gasteiger partial charge < -0.3 is 9.64 Å². The summed E-state index contributed by atoms with van der Waals surface area (Å²) in [7, 11) is 1.58. The van der Waals surface area contributed by atoms with Crippen LogP contribution in [0.4, 0.5) is 4.39 Å². The Morgan fingerprint density at radius 1 is 1.00 bits per heavy atom. The molecule has 1 unspecified atom stereocenters. The zero-order chi connectivity index (χ0) is 31.2. The van der Waals surface area contributed by atoms with E-state index in [4.69, 9.17) is 10.00 Å². The van der Waals surface area contributed by atoms with Crippen molar-refractivity contribution in [3.05, 3.63) is 94.3 Å². The number of aromatic nitrogens is 1. The summed E-state index contributed by atoms with van der Waals surface area (Å²) in [6, 6.07) is 17.9. The minimum atomic E-state index is -1.13. The number of carbonyl (C=O) groups excluding carboxylic acids is 3. The van der Waals surface area contributed by atoms with E-state index < -0.39 is 6.17 Å². The average molecular weight is 597 g/mol. The quantitative estimate of drug-likeness (QED) is 0.303. The number of ether oxygens (including phenoxy) is 1. The summed E-state index contributed by atoms with van der Waals surface area (Å²) in [6.45, 7) is 4.41. The molecule has 8 nitrogen and oxygen atoms in total. The van der Waals surface area contributed by atoms with Gasteiger partial charge >= 0.3 is 0 Å². The zero-order valence-electron chi connectivity index (χ0n) is 25.2. The lowest BCUT2D eigenvalue weighted by Gasteiger charge is -2.34. The number of likely N-dealkylation sites (tertiary alicyclic amines) is 2. The molecule has 5 rings (SSSR count). The maximum atomic E-state index is 15.1. The minimum Gasteiger partial charge on any atom is -0.497 e. The first-order valence-electron chi connectivity index (χ1n) is 15.1. The first-order chi connectivity index (χ1) is 21.2. The number of pyridine rings is 1. The Kier molecular flexibility index (Phi) is 9.81.